The van der Waals surface area contributed by atoms with E-state index < -0.39 is 15.9 Å². The van der Waals surface area contributed by atoms with Crippen LogP contribution in [0.3, 0.4) is 0 Å². The predicted molar refractivity (Wildman–Crippen MR) is 136 cm³/mol. The molecule has 0 bridgehead atoms. The molecule has 0 saturated heterocycles. The second kappa shape index (κ2) is 11.9. The molecule has 0 atom stereocenters. The maximum absolute atomic E-state index is 13.6. The molecule has 3 rings (SSSR count). The van der Waals surface area contributed by atoms with Gasteiger partial charge in [0.25, 0.3) is 10.0 Å². The van der Waals surface area contributed by atoms with Crippen LogP contribution in [0, 0.1) is 6.92 Å². The van der Waals surface area contributed by atoms with Crippen LogP contribution in [0.1, 0.15) is 24.5 Å². The summed E-state index contributed by atoms with van der Waals surface area (Å²) in [6.07, 6.45) is 1.49. The standard InChI is InChI=1S/C26H29ClN2O4S/c1-3-33-25-9-5-4-8-24(25)29(34(31,32)23-16-10-20(2)11-17-23)19-26(30)28-18-6-7-21-12-14-22(27)15-13-21/h4-5,8-17H,3,6-7,18-19H2,1-2H3,(H,28,30). The summed E-state index contributed by atoms with van der Waals surface area (Å²) in [4.78, 5) is 12.9. The Morgan fingerprint density at radius 2 is 1.68 bits per heavy atom. The molecule has 34 heavy (non-hydrogen) atoms. The molecule has 0 aromatic heterocycles. The number of hydrogen-bond donors (Lipinski definition) is 1. The van der Waals surface area contributed by atoms with Gasteiger partial charge in [0.15, 0.2) is 0 Å². The van der Waals surface area contributed by atoms with Gasteiger partial charge in [0.2, 0.25) is 5.91 Å². The van der Waals surface area contributed by atoms with Crippen LogP contribution in [0.4, 0.5) is 5.69 Å². The number of carbonyl (C=O) groups excluding carboxylic acids is 1. The molecule has 0 aliphatic heterocycles. The highest BCUT2D eigenvalue weighted by molar-refractivity contribution is 7.92. The average Bonchev–Trinajstić information content (AvgIpc) is 2.82. The minimum atomic E-state index is -4.00. The zero-order valence-corrected chi connectivity index (χ0v) is 20.9. The lowest BCUT2D eigenvalue weighted by atomic mass is 10.1. The Labute approximate surface area is 206 Å². The van der Waals surface area contributed by atoms with Crippen molar-refractivity contribution in [1.82, 2.24) is 5.32 Å². The summed E-state index contributed by atoms with van der Waals surface area (Å²) in [7, 11) is -4.00. The van der Waals surface area contributed by atoms with Crippen LogP contribution >= 0.6 is 11.6 Å². The molecule has 0 heterocycles. The van der Waals surface area contributed by atoms with Crippen molar-refractivity contribution in [3.63, 3.8) is 0 Å². The minimum Gasteiger partial charge on any atom is -0.492 e. The molecule has 3 aromatic rings. The fourth-order valence-electron chi connectivity index (χ4n) is 3.44. The molecule has 8 heteroatoms. The number of benzene rings is 3. The number of carbonyl (C=O) groups is 1. The molecule has 1 N–H and O–H groups in total. The number of halogens is 1. The molecule has 0 saturated carbocycles. The minimum absolute atomic E-state index is 0.111. The van der Waals surface area contributed by atoms with E-state index in [2.05, 4.69) is 5.32 Å². The fraction of sp³-hybridized carbons (Fsp3) is 0.269. The van der Waals surface area contributed by atoms with E-state index >= 15 is 0 Å². The van der Waals surface area contributed by atoms with E-state index in [4.69, 9.17) is 16.3 Å². The third kappa shape index (κ3) is 6.74. The van der Waals surface area contributed by atoms with Crippen LogP contribution in [-0.4, -0.2) is 34.0 Å². The molecule has 0 spiro atoms. The third-order valence-electron chi connectivity index (χ3n) is 5.21. The lowest BCUT2D eigenvalue weighted by Gasteiger charge is -2.26. The largest absolute Gasteiger partial charge is 0.492 e. The van der Waals surface area contributed by atoms with Crippen molar-refractivity contribution >= 4 is 33.2 Å². The molecule has 0 unspecified atom stereocenters. The van der Waals surface area contributed by atoms with Gasteiger partial charge >= 0.3 is 0 Å². The molecule has 180 valence electrons. The van der Waals surface area contributed by atoms with Crippen LogP contribution in [0.25, 0.3) is 0 Å². The van der Waals surface area contributed by atoms with E-state index in [1.54, 1.807) is 48.5 Å². The maximum atomic E-state index is 13.6. The van der Waals surface area contributed by atoms with Crippen molar-refractivity contribution in [1.29, 1.82) is 0 Å². The number of anilines is 1. The van der Waals surface area contributed by atoms with Crippen molar-refractivity contribution in [3.8, 4) is 5.75 Å². The van der Waals surface area contributed by atoms with Crippen LogP contribution < -0.4 is 14.4 Å². The Bertz CT molecular complexity index is 1200. The fourth-order valence-corrected chi connectivity index (χ4v) is 4.99. The van der Waals surface area contributed by atoms with Gasteiger partial charge < -0.3 is 10.1 Å². The van der Waals surface area contributed by atoms with Crippen molar-refractivity contribution in [2.75, 3.05) is 24.0 Å². The molecule has 1 amide bonds. The highest BCUT2D eigenvalue weighted by atomic mass is 35.5. The van der Waals surface area contributed by atoms with E-state index in [-0.39, 0.29) is 11.4 Å². The average molecular weight is 501 g/mol. The van der Waals surface area contributed by atoms with Crippen LogP contribution in [0.5, 0.6) is 5.75 Å². The van der Waals surface area contributed by atoms with E-state index in [0.717, 1.165) is 21.9 Å². The van der Waals surface area contributed by atoms with Gasteiger partial charge in [-0.15, -0.1) is 0 Å². The number of aryl methyl sites for hydroxylation is 2. The molecular weight excluding hydrogens is 472 g/mol. The predicted octanol–water partition coefficient (Wildman–Crippen LogP) is 4.99. The van der Waals surface area contributed by atoms with Crippen LogP contribution in [0.2, 0.25) is 5.02 Å². The van der Waals surface area contributed by atoms with Crippen molar-refractivity contribution in [3.05, 3.63) is 88.9 Å². The third-order valence-corrected chi connectivity index (χ3v) is 7.23. The Morgan fingerprint density at radius 1 is 1.00 bits per heavy atom. The van der Waals surface area contributed by atoms with Gasteiger partial charge in [-0.1, -0.05) is 53.6 Å². The quantitative estimate of drug-likeness (QED) is 0.376. The topological polar surface area (TPSA) is 75.7 Å². The SMILES string of the molecule is CCOc1ccccc1N(CC(=O)NCCCc1ccc(Cl)cc1)S(=O)(=O)c1ccc(C)cc1. The summed E-state index contributed by atoms with van der Waals surface area (Å²) in [5.41, 5.74) is 2.38. The van der Waals surface area contributed by atoms with Crippen molar-refractivity contribution in [2.45, 2.75) is 31.6 Å². The van der Waals surface area contributed by atoms with E-state index in [1.807, 2.05) is 38.1 Å². The summed E-state index contributed by atoms with van der Waals surface area (Å²) in [5.74, 6) is 0.00863. The van der Waals surface area contributed by atoms with Gasteiger partial charge in [0.05, 0.1) is 17.2 Å². The molecule has 0 fully saturated rings. The van der Waals surface area contributed by atoms with E-state index in [9.17, 15) is 13.2 Å². The van der Waals surface area contributed by atoms with Gasteiger partial charge in [-0.25, -0.2) is 8.42 Å². The number of amides is 1. The normalized spacial score (nSPS) is 11.1. The highest BCUT2D eigenvalue weighted by Gasteiger charge is 2.29. The van der Waals surface area contributed by atoms with Crippen molar-refractivity contribution in [2.24, 2.45) is 0 Å². The molecule has 0 aliphatic rings. The Hall–Kier alpha value is -3.03. The Morgan fingerprint density at radius 3 is 2.35 bits per heavy atom. The van der Waals surface area contributed by atoms with Gasteiger partial charge in [0, 0.05) is 11.6 Å². The summed E-state index contributed by atoms with van der Waals surface area (Å²) in [6.45, 7) is 4.14. The first-order valence-electron chi connectivity index (χ1n) is 11.1. The number of ether oxygens (including phenoxy) is 1. The van der Waals surface area contributed by atoms with Gasteiger partial charge in [-0.3, -0.25) is 9.10 Å². The summed E-state index contributed by atoms with van der Waals surface area (Å²) in [6, 6.07) is 20.9. The molecule has 0 aliphatic carbocycles. The zero-order chi connectivity index (χ0) is 24.6. The summed E-state index contributed by atoms with van der Waals surface area (Å²) >= 11 is 5.91. The molecular formula is C26H29ClN2O4S. The Balaban J connectivity index is 1.76. The molecule has 3 aromatic carbocycles. The second-order valence-corrected chi connectivity index (χ2v) is 10.1. The van der Waals surface area contributed by atoms with Gasteiger partial charge in [-0.05, 0) is 68.7 Å². The van der Waals surface area contributed by atoms with Gasteiger partial charge in [0.1, 0.15) is 12.3 Å². The van der Waals surface area contributed by atoms with Crippen molar-refractivity contribution < 1.29 is 17.9 Å². The number of para-hydroxylation sites is 2. The maximum Gasteiger partial charge on any atom is 0.264 e. The van der Waals surface area contributed by atoms with E-state index in [1.165, 1.54) is 0 Å². The monoisotopic (exact) mass is 500 g/mol. The first-order chi connectivity index (χ1) is 16.3. The number of sulfonamides is 1. The smallest absolute Gasteiger partial charge is 0.264 e. The number of nitrogens with zero attached hydrogens (tertiary/aromatic N) is 1. The highest BCUT2D eigenvalue weighted by Crippen LogP contribution is 2.32. The lowest BCUT2D eigenvalue weighted by Crippen LogP contribution is -2.41. The summed E-state index contributed by atoms with van der Waals surface area (Å²) in [5, 5.41) is 3.52. The Kier molecular flexibility index (Phi) is 8.96. The lowest BCUT2D eigenvalue weighted by molar-refractivity contribution is -0.119. The number of hydrogen-bond acceptors (Lipinski definition) is 4. The van der Waals surface area contributed by atoms with Crippen LogP contribution in [-0.2, 0) is 21.2 Å². The zero-order valence-electron chi connectivity index (χ0n) is 19.3. The van der Waals surface area contributed by atoms with E-state index in [0.29, 0.717) is 36.0 Å². The first kappa shape index (κ1) is 25.6. The second-order valence-electron chi connectivity index (χ2n) is 7.81. The summed E-state index contributed by atoms with van der Waals surface area (Å²) < 4.78 is 33.9. The number of nitrogens with one attached hydrogen (secondary N) is 1. The molecule has 0 radical (unpaired) electrons. The van der Waals surface area contributed by atoms with Gasteiger partial charge in [-0.2, -0.15) is 0 Å². The first-order valence-corrected chi connectivity index (χ1v) is 13.0. The number of rotatable bonds is 11. The van der Waals surface area contributed by atoms with Crippen LogP contribution in [0.15, 0.2) is 77.7 Å². The molecule has 6 nitrogen and oxygen atoms in total.